The molecule has 2 rings (SSSR count). The van der Waals surface area contributed by atoms with Gasteiger partial charge in [0.1, 0.15) is 4.88 Å². The van der Waals surface area contributed by atoms with Crippen LogP contribution in [0.4, 0.5) is 5.69 Å². The van der Waals surface area contributed by atoms with E-state index in [1.54, 1.807) is 0 Å². The van der Waals surface area contributed by atoms with Gasteiger partial charge in [0, 0.05) is 4.88 Å². The number of aromatic carboxylic acids is 1. The molecule has 1 aromatic carbocycles. The Morgan fingerprint density at radius 1 is 1.25 bits per heavy atom. The highest BCUT2D eigenvalue weighted by molar-refractivity contribution is 7.18. The Hall–Kier alpha value is -1.81. The zero-order valence-corrected chi connectivity index (χ0v) is 13.0. The van der Waals surface area contributed by atoms with Crippen molar-refractivity contribution in [1.82, 2.24) is 0 Å². The maximum absolute atomic E-state index is 11.2. The van der Waals surface area contributed by atoms with Gasteiger partial charge >= 0.3 is 5.97 Å². The van der Waals surface area contributed by atoms with Gasteiger partial charge in [-0.2, -0.15) is 0 Å². The van der Waals surface area contributed by atoms with Crippen molar-refractivity contribution in [2.24, 2.45) is 0 Å². The van der Waals surface area contributed by atoms with Gasteiger partial charge in [-0.1, -0.05) is 45.0 Å². The van der Waals surface area contributed by atoms with Crippen LogP contribution in [0.1, 0.15) is 41.6 Å². The van der Waals surface area contributed by atoms with Crippen molar-refractivity contribution in [2.75, 3.05) is 5.73 Å². The fourth-order valence-electron chi connectivity index (χ4n) is 2.28. The van der Waals surface area contributed by atoms with Crippen LogP contribution in [0.25, 0.3) is 10.4 Å². The highest BCUT2D eigenvalue weighted by Gasteiger charge is 2.23. The molecule has 3 N–H and O–H groups in total. The topological polar surface area (TPSA) is 63.3 Å². The van der Waals surface area contributed by atoms with E-state index in [0.29, 0.717) is 5.69 Å². The van der Waals surface area contributed by atoms with Gasteiger partial charge in [0.15, 0.2) is 0 Å². The van der Waals surface area contributed by atoms with Crippen molar-refractivity contribution in [1.29, 1.82) is 0 Å². The number of hydrogen-bond donors (Lipinski definition) is 2. The van der Waals surface area contributed by atoms with Crippen LogP contribution >= 0.6 is 11.3 Å². The molecule has 0 saturated heterocycles. The second-order valence-corrected chi connectivity index (χ2v) is 6.92. The molecule has 0 aliphatic heterocycles. The van der Waals surface area contributed by atoms with E-state index < -0.39 is 5.97 Å². The summed E-state index contributed by atoms with van der Waals surface area (Å²) < 4.78 is 0. The van der Waals surface area contributed by atoms with Crippen molar-refractivity contribution in [2.45, 2.75) is 33.1 Å². The van der Waals surface area contributed by atoms with Crippen molar-refractivity contribution in [3.8, 4) is 10.4 Å². The van der Waals surface area contributed by atoms with E-state index in [4.69, 9.17) is 5.73 Å². The van der Waals surface area contributed by atoms with Crippen LogP contribution < -0.4 is 5.73 Å². The fourth-order valence-corrected chi connectivity index (χ4v) is 3.38. The number of nitrogen functional groups attached to an aromatic ring is 1. The second kappa shape index (κ2) is 4.94. The van der Waals surface area contributed by atoms with E-state index in [9.17, 15) is 9.90 Å². The summed E-state index contributed by atoms with van der Waals surface area (Å²) in [4.78, 5) is 12.4. The van der Waals surface area contributed by atoms with Gasteiger partial charge in [-0.25, -0.2) is 4.79 Å². The average molecular weight is 289 g/mol. The summed E-state index contributed by atoms with van der Waals surface area (Å²) in [6.45, 7) is 8.33. The molecular formula is C16H19NO2S. The molecule has 2 aromatic rings. The molecule has 0 unspecified atom stereocenters. The Kier molecular flexibility index (Phi) is 3.61. The molecule has 0 amide bonds. The van der Waals surface area contributed by atoms with Crippen molar-refractivity contribution in [3.05, 3.63) is 40.3 Å². The lowest BCUT2D eigenvalue weighted by Crippen LogP contribution is -2.12. The Morgan fingerprint density at radius 3 is 2.35 bits per heavy atom. The molecule has 0 spiro atoms. The van der Waals surface area contributed by atoms with E-state index in [1.807, 2.05) is 25.1 Å². The summed E-state index contributed by atoms with van der Waals surface area (Å²) in [5, 5.41) is 9.21. The van der Waals surface area contributed by atoms with Crippen LogP contribution in [-0.4, -0.2) is 11.1 Å². The molecule has 3 nitrogen and oxygen atoms in total. The first-order chi connectivity index (χ1) is 9.23. The van der Waals surface area contributed by atoms with Crippen molar-refractivity contribution < 1.29 is 9.90 Å². The third kappa shape index (κ3) is 2.43. The number of benzene rings is 1. The van der Waals surface area contributed by atoms with Gasteiger partial charge in [-0.15, -0.1) is 11.3 Å². The van der Waals surface area contributed by atoms with Gasteiger partial charge in [-0.3, -0.25) is 0 Å². The Morgan fingerprint density at radius 2 is 1.85 bits per heavy atom. The van der Waals surface area contributed by atoms with Gasteiger partial charge in [-0.05, 0) is 29.0 Å². The zero-order valence-electron chi connectivity index (χ0n) is 12.2. The SMILES string of the molecule is Cc1c(-c2ccccc2C(C)(C)C)sc(C(=O)O)c1N. The zero-order chi connectivity index (χ0) is 15.1. The minimum absolute atomic E-state index is 0.00876. The summed E-state index contributed by atoms with van der Waals surface area (Å²) in [6.07, 6.45) is 0. The van der Waals surface area contributed by atoms with E-state index in [2.05, 4.69) is 26.8 Å². The highest BCUT2D eigenvalue weighted by atomic mass is 32.1. The van der Waals surface area contributed by atoms with Crippen molar-refractivity contribution >= 4 is 23.0 Å². The minimum atomic E-state index is -0.963. The first-order valence-corrected chi connectivity index (χ1v) is 7.27. The summed E-state index contributed by atoms with van der Waals surface area (Å²) in [7, 11) is 0. The van der Waals surface area contributed by atoms with Crippen LogP contribution in [-0.2, 0) is 5.41 Å². The fraction of sp³-hybridized carbons (Fsp3) is 0.312. The third-order valence-electron chi connectivity index (χ3n) is 3.37. The summed E-state index contributed by atoms with van der Waals surface area (Å²) in [6, 6.07) is 8.10. The monoisotopic (exact) mass is 289 g/mol. The number of carboxylic acids is 1. The lowest BCUT2D eigenvalue weighted by Gasteiger charge is -2.22. The lowest BCUT2D eigenvalue weighted by atomic mass is 9.83. The smallest absolute Gasteiger partial charge is 0.348 e. The predicted octanol–water partition coefficient (Wildman–Crippen LogP) is 4.30. The van der Waals surface area contributed by atoms with E-state index in [-0.39, 0.29) is 10.3 Å². The molecule has 0 atom stereocenters. The van der Waals surface area contributed by atoms with Gasteiger partial charge in [0.25, 0.3) is 0 Å². The van der Waals surface area contributed by atoms with E-state index in [1.165, 1.54) is 16.9 Å². The van der Waals surface area contributed by atoms with Crippen LogP contribution in [0.5, 0.6) is 0 Å². The maximum atomic E-state index is 11.2. The minimum Gasteiger partial charge on any atom is -0.477 e. The number of anilines is 1. The number of hydrogen-bond acceptors (Lipinski definition) is 3. The number of nitrogens with two attached hydrogens (primary N) is 1. The van der Waals surface area contributed by atoms with Gasteiger partial charge in [0.2, 0.25) is 0 Å². The lowest BCUT2D eigenvalue weighted by molar-refractivity contribution is 0.0703. The molecular weight excluding hydrogens is 270 g/mol. The number of rotatable bonds is 2. The first kappa shape index (κ1) is 14.6. The molecule has 0 aliphatic rings. The van der Waals surface area contributed by atoms with Crippen LogP contribution in [0.15, 0.2) is 24.3 Å². The molecule has 0 fully saturated rings. The van der Waals surface area contributed by atoms with E-state index in [0.717, 1.165) is 16.0 Å². The largest absolute Gasteiger partial charge is 0.477 e. The highest BCUT2D eigenvalue weighted by Crippen LogP contribution is 2.42. The molecule has 0 aliphatic carbocycles. The molecule has 0 bridgehead atoms. The summed E-state index contributed by atoms with van der Waals surface area (Å²) in [5.41, 5.74) is 9.42. The normalized spacial score (nSPS) is 11.6. The van der Waals surface area contributed by atoms with Gasteiger partial charge < -0.3 is 10.8 Å². The maximum Gasteiger partial charge on any atom is 0.348 e. The molecule has 106 valence electrons. The third-order valence-corrected chi connectivity index (χ3v) is 4.70. The summed E-state index contributed by atoms with van der Waals surface area (Å²) >= 11 is 1.25. The van der Waals surface area contributed by atoms with E-state index >= 15 is 0 Å². The number of thiophene rings is 1. The second-order valence-electron chi connectivity index (χ2n) is 5.90. The summed E-state index contributed by atoms with van der Waals surface area (Å²) in [5.74, 6) is -0.963. The first-order valence-electron chi connectivity index (χ1n) is 6.45. The molecule has 20 heavy (non-hydrogen) atoms. The molecule has 4 heteroatoms. The Bertz CT molecular complexity index is 666. The predicted molar refractivity (Wildman–Crippen MR) is 84.6 cm³/mol. The van der Waals surface area contributed by atoms with Crippen LogP contribution in [0.2, 0.25) is 0 Å². The van der Waals surface area contributed by atoms with Gasteiger partial charge in [0.05, 0.1) is 5.69 Å². The quantitative estimate of drug-likeness (QED) is 0.866. The number of carboxylic acid groups (broad SMARTS) is 1. The standard InChI is InChI=1S/C16H19NO2S/c1-9-12(17)14(15(18)19)20-13(9)10-7-5-6-8-11(10)16(2,3)4/h5-8H,17H2,1-4H3,(H,18,19). The Labute approximate surface area is 123 Å². The van der Waals surface area contributed by atoms with Crippen molar-refractivity contribution in [3.63, 3.8) is 0 Å². The molecule has 1 aromatic heterocycles. The number of carbonyl (C=O) groups is 1. The molecule has 1 heterocycles. The average Bonchev–Trinajstić information content (AvgIpc) is 2.65. The van der Waals surface area contributed by atoms with Crippen LogP contribution in [0, 0.1) is 6.92 Å². The molecule has 0 saturated carbocycles. The Balaban J connectivity index is 2.70. The van der Waals surface area contributed by atoms with Crippen LogP contribution in [0.3, 0.4) is 0 Å². The molecule has 0 radical (unpaired) electrons.